The highest BCUT2D eigenvalue weighted by atomic mass is 32.1. The third-order valence-corrected chi connectivity index (χ3v) is 5.99. The molecule has 4 aromatic rings. The molecule has 0 fully saturated rings. The van der Waals surface area contributed by atoms with Crippen LogP contribution in [-0.4, -0.2) is 24.5 Å². The number of benzene rings is 1. The van der Waals surface area contributed by atoms with Gasteiger partial charge in [0.1, 0.15) is 11.2 Å². The second-order valence-corrected chi connectivity index (χ2v) is 7.59. The first-order valence-electron chi connectivity index (χ1n) is 8.67. The Labute approximate surface area is 157 Å². The summed E-state index contributed by atoms with van der Waals surface area (Å²) in [6, 6.07) is 6.31. The number of aryl methyl sites for hydroxylation is 2. The molecule has 0 saturated carbocycles. The number of hydrogen-bond acceptors (Lipinski definition) is 7. The molecule has 0 N–H and O–H groups in total. The zero-order valence-electron chi connectivity index (χ0n) is 14.5. The molecule has 5 rings (SSSR count). The van der Waals surface area contributed by atoms with Crippen LogP contribution in [0.25, 0.3) is 15.9 Å². The summed E-state index contributed by atoms with van der Waals surface area (Å²) in [5, 5.41) is 16.8. The van der Waals surface area contributed by atoms with Crippen LogP contribution in [-0.2, 0) is 12.8 Å². The number of rotatable bonds is 4. The lowest BCUT2D eigenvalue weighted by atomic mass is 10.2. The normalized spacial score (nSPS) is 14.6. The van der Waals surface area contributed by atoms with Gasteiger partial charge in [-0.05, 0) is 37.8 Å². The molecular weight excluding hydrogens is 366 g/mol. The van der Waals surface area contributed by atoms with Crippen molar-refractivity contribution < 1.29 is 9.66 Å². The average Bonchev–Trinajstić information content (AvgIpc) is 3.34. The molecule has 0 spiro atoms. The number of aromatic nitrogens is 4. The Morgan fingerprint density at radius 2 is 2.19 bits per heavy atom. The fourth-order valence-corrected chi connectivity index (χ4v) is 4.76. The molecule has 1 aliphatic carbocycles. The standard InChI is InChI=1S/C18H15N5O3S/c1-10(26-13-7-3-2-6-12(13)23(24)25)16-20-17-15-11-5-4-8-14(11)27-18(15)19-9-22(17)21-16/h2-3,6-7,9-10H,4-5,8H2,1H3. The fraction of sp³-hybridized carbons (Fsp3) is 0.278. The van der Waals surface area contributed by atoms with E-state index in [1.54, 1.807) is 47.3 Å². The summed E-state index contributed by atoms with van der Waals surface area (Å²) >= 11 is 1.73. The van der Waals surface area contributed by atoms with Crippen molar-refractivity contribution >= 4 is 32.9 Å². The highest BCUT2D eigenvalue weighted by Gasteiger charge is 2.24. The average molecular weight is 381 g/mol. The Morgan fingerprint density at radius 3 is 3.04 bits per heavy atom. The van der Waals surface area contributed by atoms with E-state index in [9.17, 15) is 10.1 Å². The second-order valence-electron chi connectivity index (χ2n) is 6.51. The summed E-state index contributed by atoms with van der Waals surface area (Å²) in [5.41, 5.74) is 2.03. The van der Waals surface area contributed by atoms with Crippen LogP contribution in [0.4, 0.5) is 5.69 Å². The van der Waals surface area contributed by atoms with Crippen LogP contribution in [0.15, 0.2) is 30.6 Å². The van der Waals surface area contributed by atoms with E-state index in [1.807, 2.05) is 0 Å². The number of fused-ring (bicyclic) bond motifs is 5. The van der Waals surface area contributed by atoms with Gasteiger partial charge in [-0.2, -0.15) is 0 Å². The number of hydrogen-bond donors (Lipinski definition) is 0. The molecule has 0 radical (unpaired) electrons. The van der Waals surface area contributed by atoms with Crippen molar-refractivity contribution in [1.29, 1.82) is 0 Å². The Kier molecular flexibility index (Phi) is 3.57. The van der Waals surface area contributed by atoms with Crippen LogP contribution in [0.1, 0.15) is 35.7 Å². The van der Waals surface area contributed by atoms with E-state index in [-0.39, 0.29) is 11.4 Å². The minimum Gasteiger partial charge on any atom is -0.476 e. The predicted octanol–water partition coefficient (Wildman–Crippen LogP) is 3.88. The third-order valence-electron chi connectivity index (χ3n) is 4.79. The maximum Gasteiger partial charge on any atom is 0.310 e. The van der Waals surface area contributed by atoms with Gasteiger partial charge in [0, 0.05) is 10.9 Å². The van der Waals surface area contributed by atoms with Crippen molar-refractivity contribution in [3.63, 3.8) is 0 Å². The number of ether oxygens (including phenoxy) is 1. The van der Waals surface area contributed by atoms with E-state index in [1.165, 1.54) is 16.5 Å². The summed E-state index contributed by atoms with van der Waals surface area (Å²) in [6.45, 7) is 1.79. The van der Waals surface area contributed by atoms with Gasteiger partial charge in [-0.3, -0.25) is 10.1 Å². The van der Waals surface area contributed by atoms with Gasteiger partial charge in [-0.15, -0.1) is 16.4 Å². The van der Waals surface area contributed by atoms with Crippen LogP contribution in [0.2, 0.25) is 0 Å². The Morgan fingerprint density at radius 1 is 1.33 bits per heavy atom. The van der Waals surface area contributed by atoms with E-state index in [4.69, 9.17) is 4.74 Å². The summed E-state index contributed by atoms with van der Waals surface area (Å²) in [7, 11) is 0. The first-order chi connectivity index (χ1) is 13.1. The molecule has 8 nitrogen and oxygen atoms in total. The van der Waals surface area contributed by atoms with Crippen molar-refractivity contribution in [3.05, 3.63) is 57.0 Å². The monoisotopic (exact) mass is 381 g/mol. The van der Waals surface area contributed by atoms with E-state index >= 15 is 0 Å². The number of thiophene rings is 1. The summed E-state index contributed by atoms with van der Waals surface area (Å²) in [5.74, 6) is 0.675. The van der Waals surface area contributed by atoms with Crippen molar-refractivity contribution in [2.45, 2.75) is 32.3 Å². The van der Waals surface area contributed by atoms with E-state index in [0.717, 1.165) is 35.1 Å². The van der Waals surface area contributed by atoms with Gasteiger partial charge < -0.3 is 4.74 Å². The lowest BCUT2D eigenvalue weighted by molar-refractivity contribution is -0.386. The zero-order chi connectivity index (χ0) is 18.5. The highest BCUT2D eigenvalue weighted by molar-refractivity contribution is 7.19. The number of nitro groups is 1. The van der Waals surface area contributed by atoms with Gasteiger partial charge in [-0.25, -0.2) is 14.5 Å². The molecule has 3 heterocycles. The molecule has 27 heavy (non-hydrogen) atoms. The van der Waals surface area contributed by atoms with Gasteiger partial charge in [0.05, 0.1) is 10.3 Å². The molecule has 9 heteroatoms. The smallest absolute Gasteiger partial charge is 0.310 e. The largest absolute Gasteiger partial charge is 0.476 e. The van der Waals surface area contributed by atoms with Crippen LogP contribution < -0.4 is 4.74 Å². The van der Waals surface area contributed by atoms with E-state index < -0.39 is 11.0 Å². The Balaban J connectivity index is 1.56. The SMILES string of the molecule is CC(Oc1ccccc1[N+](=O)[O-])c1nc2c3c4c(sc3ncn2n1)CCC4. The number of nitro benzene ring substituents is 1. The predicted molar refractivity (Wildman–Crippen MR) is 100 cm³/mol. The van der Waals surface area contributed by atoms with Crippen molar-refractivity contribution in [3.8, 4) is 5.75 Å². The summed E-state index contributed by atoms with van der Waals surface area (Å²) in [6.07, 6.45) is 4.43. The maximum atomic E-state index is 11.2. The molecule has 0 amide bonds. The topological polar surface area (TPSA) is 95.5 Å². The molecule has 0 aliphatic heterocycles. The molecule has 1 atom stereocenters. The van der Waals surface area contributed by atoms with Gasteiger partial charge in [0.25, 0.3) is 0 Å². The van der Waals surface area contributed by atoms with Crippen LogP contribution >= 0.6 is 11.3 Å². The zero-order valence-corrected chi connectivity index (χ0v) is 15.3. The lowest BCUT2D eigenvalue weighted by Crippen LogP contribution is -2.07. The lowest BCUT2D eigenvalue weighted by Gasteiger charge is -2.11. The van der Waals surface area contributed by atoms with E-state index in [2.05, 4.69) is 15.1 Å². The summed E-state index contributed by atoms with van der Waals surface area (Å²) < 4.78 is 7.48. The van der Waals surface area contributed by atoms with Crippen molar-refractivity contribution in [2.75, 3.05) is 0 Å². The number of nitrogens with zero attached hydrogens (tertiary/aromatic N) is 5. The molecule has 3 aromatic heterocycles. The molecule has 136 valence electrons. The quantitative estimate of drug-likeness (QED) is 0.393. The first-order valence-corrected chi connectivity index (χ1v) is 9.49. The highest BCUT2D eigenvalue weighted by Crippen LogP contribution is 2.38. The van der Waals surface area contributed by atoms with Crippen molar-refractivity contribution in [2.24, 2.45) is 0 Å². The minimum atomic E-state index is -0.535. The second kappa shape index (κ2) is 5.98. The minimum absolute atomic E-state index is 0.0761. The molecule has 0 bridgehead atoms. The molecule has 1 aliphatic rings. The van der Waals surface area contributed by atoms with Crippen LogP contribution in [0.3, 0.4) is 0 Å². The van der Waals surface area contributed by atoms with Gasteiger partial charge in [-0.1, -0.05) is 12.1 Å². The van der Waals surface area contributed by atoms with Gasteiger partial charge in [0.2, 0.25) is 0 Å². The van der Waals surface area contributed by atoms with Crippen LogP contribution in [0, 0.1) is 10.1 Å². The molecule has 1 unspecified atom stereocenters. The molecular formula is C18H15N5O3S. The Hall–Kier alpha value is -3.07. The Bertz CT molecular complexity index is 1200. The van der Waals surface area contributed by atoms with E-state index in [0.29, 0.717) is 5.82 Å². The van der Waals surface area contributed by atoms with Crippen LogP contribution in [0.5, 0.6) is 5.75 Å². The summed E-state index contributed by atoms with van der Waals surface area (Å²) in [4.78, 5) is 22.3. The number of para-hydroxylation sites is 2. The third kappa shape index (κ3) is 2.54. The fourth-order valence-electron chi connectivity index (χ4n) is 3.53. The van der Waals surface area contributed by atoms with Crippen molar-refractivity contribution in [1.82, 2.24) is 19.6 Å². The first kappa shape index (κ1) is 16.1. The molecule has 1 aromatic carbocycles. The van der Waals surface area contributed by atoms with Gasteiger partial charge in [0.15, 0.2) is 23.3 Å². The van der Waals surface area contributed by atoms with Gasteiger partial charge >= 0.3 is 5.69 Å². The molecule has 0 saturated heterocycles. The maximum absolute atomic E-state index is 11.2.